The molecule has 0 saturated carbocycles. The van der Waals surface area contributed by atoms with Gasteiger partial charge in [-0.05, 0) is 25.3 Å². The Bertz CT molecular complexity index is 362. The molecule has 2 N–H and O–H groups in total. The predicted molar refractivity (Wildman–Crippen MR) is 64.0 cm³/mol. The van der Waals surface area contributed by atoms with Crippen molar-refractivity contribution in [3.05, 3.63) is 18.0 Å². The van der Waals surface area contributed by atoms with Gasteiger partial charge in [0.05, 0.1) is 12.2 Å². The van der Waals surface area contributed by atoms with Crippen molar-refractivity contribution in [2.24, 2.45) is 17.8 Å². The molecule has 0 spiro atoms. The maximum atomic E-state index is 5.96. The van der Waals surface area contributed by atoms with Crippen molar-refractivity contribution < 1.29 is 0 Å². The second-order valence-corrected chi connectivity index (χ2v) is 4.17. The Morgan fingerprint density at radius 2 is 2.19 bits per heavy atom. The third-order valence-corrected chi connectivity index (χ3v) is 3.01. The Balaban J connectivity index is 1.93. The van der Waals surface area contributed by atoms with Crippen LogP contribution in [0, 0.1) is 0 Å². The van der Waals surface area contributed by atoms with Crippen molar-refractivity contribution in [3.63, 3.8) is 0 Å². The molecule has 1 aromatic heterocycles. The summed E-state index contributed by atoms with van der Waals surface area (Å²) in [7, 11) is 1.92. The molecule has 2 heterocycles. The number of aromatic nitrogens is 2. The van der Waals surface area contributed by atoms with E-state index in [0.717, 1.165) is 18.8 Å². The molecule has 0 aromatic carbocycles. The number of hydrogen-bond acceptors (Lipinski definition) is 2. The lowest BCUT2D eigenvalue weighted by molar-refractivity contribution is 0.338. The van der Waals surface area contributed by atoms with Gasteiger partial charge < -0.3 is 10.6 Å². The fraction of sp³-hybridized carbons (Fsp3) is 0.636. The van der Waals surface area contributed by atoms with Crippen LogP contribution in [-0.4, -0.2) is 33.7 Å². The smallest absolute Gasteiger partial charge is 0.191 e. The van der Waals surface area contributed by atoms with Crippen LogP contribution >= 0.6 is 0 Å². The number of aryl methyl sites for hydroxylation is 1. The molecule has 1 aliphatic rings. The van der Waals surface area contributed by atoms with Crippen molar-refractivity contribution in [1.82, 2.24) is 14.7 Å². The molecule has 1 aliphatic heterocycles. The first-order valence-corrected chi connectivity index (χ1v) is 5.79. The Morgan fingerprint density at radius 3 is 2.81 bits per heavy atom. The highest BCUT2D eigenvalue weighted by Crippen LogP contribution is 2.08. The first-order valence-electron chi connectivity index (χ1n) is 5.79. The molecule has 16 heavy (non-hydrogen) atoms. The minimum Gasteiger partial charge on any atom is -0.370 e. The molecule has 2 rings (SSSR count). The summed E-state index contributed by atoms with van der Waals surface area (Å²) >= 11 is 0. The SMILES string of the molecule is Cn1nccc1CN=C(N)N1CCCCC1. The highest BCUT2D eigenvalue weighted by atomic mass is 15.3. The van der Waals surface area contributed by atoms with E-state index in [0.29, 0.717) is 12.5 Å². The number of likely N-dealkylation sites (tertiary alicyclic amines) is 1. The fourth-order valence-corrected chi connectivity index (χ4v) is 1.94. The van der Waals surface area contributed by atoms with Gasteiger partial charge in [-0.3, -0.25) is 4.68 Å². The van der Waals surface area contributed by atoms with Gasteiger partial charge in [0.2, 0.25) is 0 Å². The maximum absolute atomic E-state index is 5.96. The van der Waals surface area contributed by atoms with E-state index in [9.17, 15) is 0 Å². The summed E-state index contributed by atoms with van der Waals surface area (Å²) in [6.07, 6.45) is 5.54. The van der Waals surface area contributed by atoms with Gasteiger partial charge in [-0.15, -0.1) is 0 Å². The maximum Gasteiger partial charge on any atom is 0.191 e. The summed E-state index contributed by atoms with van der Waals surface area (Å²) in [4.78, 5) is 6.58. The van der Waals surface area contributed by atoms with Gasteiger partial charge in [0.25, 0.3) is 0 Å². The van der Waals surface area contributed by atoms with Crippen LogP contribution in [-0.2, 0) is 13.6 Å². The van der Waals surface area contributed by atoms with Gasteiger partial charge in [0.1, 0.15) is 0 Å². The zero-order valence-electron chi connectivity index (χ0n) is 9.76. The average Bonchev–Trinajstić information content (AvgIpc) is 2.73. The summed E-state index contributed by atoms with van der Waals surface area (Å²) in [5.74, 6) is 0.668. The molecule has 0 aliphatic carbocycles. The van der Waals surface area contributed by atoms with E-state index in [2.05, 4.69) is 15.0 Å². The Labute approximate surface area is 95.9 Å². The minimum atomic E-state index is 0.610. The molecule has 88 valence electrons. The third-order valence-electron chi connectivity index (χ3n) is 3.01. The van der Waals surface area contributed by atoms with Crippen LogP contribution in [0.25, 0.3) is 0 Å². The number of hydrogen-bond donors (Lipinski definition) is 1. The normalized spacial score (nSPS) is 17.8. The minimum absolute atomic E-state index is 0.610. The van der Waals surface area contributed by atoms with E-state index in [-0.39, 0.29) is 0 Å². The van der Waals surface area contributed by atoms with Crippen molar-refractivity contribution >= 4 is 5.96 Å². The number of piperidine rings is 1. The zero-order chi connectivity index (χ0) is 11.4. The molecule has 0 bridgehead atoms. The zero-order valence-corrected chi connectivity index (χ0v) is 9.76. The molecule has 0 unspecified atom stereocenters. The van der Waals surface area contributed by atoms with Crippen LogP contribution in [0.1, 0.15) is 25.0 Å². The van der Waals surface area contributed by atoms with Crippen LogP contribution in [0.2, 0.25) is 0 Å². The van der Waals surface area contributed by atoms with Gasteiger partial charge in [-0.1, -0.05) is 0 Å². The van der Waals surface area contributed by atoms with Gasteiger partial charge in [0.15, 0.2) is 5.96 Å². The number of rotatable bonds is 2. The van der Waals surface area contributed by atoms with E-state index in [1.807, 2.05) is 17.8 Å². The number of guanidine groups is 1. The van der Waals surface area contributed by atoms with Crippen LogP contribution in [0.5, 0.6) is 0 Å². The molecule has 1 aromatic rings. The topological polar surface area (TPSA) is 59.4 Å². The van der Waals surface area contributed by atoms with Crippen LogP contribution in [0.4, 0.5) is 0 Å². The van der Waals surface area contributed by atoms with E-state index in [1.54, 1.807) is 6.20 Å². The second kappa shape index (κ2) is 5.01. The lowest BCUT2D eigenvalue weighted by Crippen LogP contribution is -2.40. The summed E-state index contributed by atoms with van der Waals surface area (Å²) < 4.78 is 1.83. The highest BCUT2D eigenvalue weighted by Gasteiger charge is 2.11. The summed E-state index contributed by atoms with van der Waals surface area (Å²) in [6, 6.07) is 1.97. The molecule has 0 atom stereocenters. The largest absolute Gasteiger partial charge is 0.370 e. The van der Waals surface area contributed by atoms with E-state index >= 15 is 0 Å². The van der Waals surface area contributed by atoms with Crippen molar-refractivity contribution in [3.8, 4) is 0 Å². The first-order chi connectivity index (χ1) is 7.77. The molecule has 1 fully saturated rings. The lowest BCUT2D eigenvalue weighted by atomic mass is 10.1. The van der Waals surface area contributed by atoms with E-state index < -0.39 is 0 Å². The van der Waals surface area contributed by atoms with Crippen molar-refractivity contribution in [1.29, 1.82) is 0 Å². The average molecular weight is 221 g/mol. The van der Waals surface area contributed by atoms with Gasteiger partial charge >= 0.3 is 0 Å². The predicted octanol–water partition coefficient (Wildman–Crippen LogP) is 0.721. The van der Waals surface area contributed by atoms with Gasteiger partial charge in [0, 0.05) is 26.3 Å². The molecular weight excluding hydrogens is 202 g/mol. The second-order valence-electron chi connectivity index (χ2n) is 4.17. The van der Waals surface area contributed by atoms with Gasteiger partial charge in [-0.2, -0.15) is 5.10 Å². The van der Waals surface area contributed by atoms with Crippen molar-refractivity contribution in [2.75, 3.05) is 13.1 Å². The molecule has 5 nitrogen and oxygen atoms in total. The Morgan fingerprint density at radius 1 is 1.44 bits per heavy atom. The molecule has 0 radical (unpaired) electrons. The molecular formula is C11H19N5. The number of nitrogens with zero attached hydrogens (tertiary/aromatic N) is 4. The van der Waals surface area contributed by atoms with Gasteiger partial charge in [-0.25, -0.2) is 4.99 Å². The monoisotopic (exact) mass is 221 g/mol. The quantitative estimate of drug-likeness (QED) is 0.591. The van der Waals surface area contributed by atoms with Crippen LogP contribution < -0.4 is 5.73 Å². The van der Waals surface area contributed by atoms with Crippen molar-refractivity contribution in [2.45, 2.75) is 25.8 Å². The third kappa shape index (κ3) is 2.53. The fourth-order valence-electron chi connectivity index (χ4n) is 1.94. The van der Waals surface area contributed by atoms with E-state index in [4.69, 9.17) is 5.73 Å². The standard InChI is InChI=1S/C11H19N5/c1-15-10(5-6-14-15)9-13-11(12)16-7-3-2-4-8-16/h5-6H,2-4,7-9H2,1H3,(H2,12,13). The summed E-state index contributed by atoms with van der Waals surface area (Å²) in [5.41, 5.74) is 7.04. The highest BCUT2D eigenvalue weighted by molar-refractivity contribution is 5.78. The lowest BCUT2D eigenvalue weighted by Gasteiger charge is -2.27. The summed E-state index contributed by atoms with van der Waals surface area (Å²) in [6.45, 7) is 2.69. The number of aliphatic imine (C=N–C) groups is 1. The molecule has 0 amide bonds. The first kappa shape index (κ1) is 11.0. The summed E-state index contributed by atoms with van der Waals surface area (Å²) in [5, 5.41) is 4.10. The Hall–Kier alpha value is -1.52. The van der Waals surface area contributed by atoms with Crippen LogP contribution in [0.3, 0.4) is 0 Å². The molecule has 5 heteroatoms. The number of nitrogens with two attached hydrogens (primary N) is 1. The van der Waals surface area contributed by atoms with Crippen LogP contribution in [0.15, 0.2) is 17.3 Å². The van der Waals surface area contributed by atoms with E-state index in [1.165, 1.54) is 19.3 Å². The Kier molecular flexibility index (Phi) is 3.44. The molecule has 1 saturated heterocycles.